The lowest BCUT2D eigenvalue weighted by Gasteiger charge is -2.32. The molecule has 0 heterocycles. The molecule has 0 atom stereocenters. The van der Waals surface area contributed by atoms with Crippen molar-refractivity contribution in [1.29, 1.82) is 5.26 Å². The Kier molecular flexibility index (Phi) is 2.07. The summed E-state index contributed by atoms with van der Waals surface area (Å²) in [6, 6.07) is 8.33. The van der Waals surface area contributed by atoms with E-state index in [0.29, 0.717) is 0 Å². The summed E-state index contributed by atoms with van der Waals surface area (Å²) < 4.78 is 0. The van der Waals surface area contributed by atoms with Crippen LogP contribution in [0.5, 0.6) is 0 Å². The van der Waals surface area contributed by atoms with Crippen LogP contribution in [0.3, 0.4) is 0 Å². The smallest absolute Gasteiger partial charge is 0.0991 e. The number of hydrogen-bond acceptors (Lipinski definition) is 1. The first-order valence-electron chi connectivity index (χ1n) is 5.17. The highest BCUT2D eigenvalue weighted by Crippen LogP contribution is 2.36. The summed E-state index contributed by atoms with van der Waals surface area (Å²) in [4.78, 5) is 0. The molecule has 1 aromatic rings. The first-order chi connectivity index (χ1) is 6.63. The van der Waals surface area contributed by atoms with E-state index in [-0.39, 0.29) is 5.41 Å². The van der Waals surface area contributed by atoms with Gasteiger partial charge < -0.3 is 0 Å². The molecule has 1 aliphatic rings. The second-order valence-electron chi connectivity index (χ2n) is 4.72. The summed E-state index contributed by atoms with van der Waals surface area (Å²) in [7, 11) is 0. The van der Waals surface area contributed by atoms with Crippen LogP contribution >= 0.6 is 0 Å². The van der Waals surface area contributed by atoms with Gasteiger partial charge >= 0.3 is 0 Å². The molecule has 0 radical (unpaired) electrons. The van der Waals surface area contributed by atoms with Gasteiger partial charge in [0.05, 0.1) is 11.6 Å². The highest BCUT2D eigenvalue weighted by Gasteiger charge is 2.27. The predicted molar refractivity (Wildman–Crippen MR) is 57.1 cm³/mol. The van der Waals surface area contributed by atoms with E-state index in [9.17, 15) is 0 Å². The van der Waals surface area contributed by atoms with Crippen molar-refractivity contribution in [3.63, 3.8) is 0 Å². The number of aryl methyl sites for hydroxylation is 1. The van der Waals surface area contributed by atoms with E-state index in [2.05, 4.69) is 32.0 Å². The van der Waals surface area contributed by atoms with E-state index in [1.807, 2.05) is 6.07 Å². The number of nitriles is 1. The average molecular weight is 185 g/mol. The van der Waals surface area contributed by atoms with E-state index in [4.69, 9.17) is 5.26 Å². The van der Waals surface area contributed by atoms with Gasteiger partial charge in [0.2, 0.25) is 0 Å². The summed E-state index contributed by atoms with van der Waals surface area (Å²) in [6.45, 7) is 4.54. The molecule has 1 heteroatoms. The summed E-state index contributed by atoms with van der Waals surface area (Å²) in [6.07, 6.45) is 3.67. The van der Waals surface area contributed by atoms with Crippen molar-refractivity contribution in [2.24, 2.45) is 0 Å². The maximum absolute atomic E-state index is 8.86. The van der Waals surface area contributed by atoms with Gasteiger partial charge in [-0.05, 0) is 47.9 Å². The van der Waals surface area contributed by atoms with E-state index in [1.54, 1.807) is 0 Å². The second-order valence-corrected chi connectivity index (χ2v) is 4.72. The second kappa shape index (κ2) is 3.13. The van der Waals surface area contributed by atoms with Crippen LogP contribution < -0.4 is 0 Å². The summed E-state index contributed by atoms with van der Waals surface area (Å²) in [5.74, 6) is 0. The highest BCUT2D eigenvalue weighted by atomic mass is 14.3. The molecular formula is C13H15N. The van der Waals surface area contributed by atoms with Crippen LogP contribution in [0.15, 0.2) is 18.2 Å². The quantitative estimate of drug-likeness (QED) is 0.609. The van der Waals surface area contributed by atoms with Crippen molar-refractivity contribution in [3.05, 3.63) is 34.9 Å². The maximum atomic E-state index is 8.86. The molecule has 0 aliphatic heterocycles. The predicted octanol–water partition coefficient (Wildman–Crippen LogP) is 3.17. The van der Waals surface area contributed by atoms with Gasteiger partial charge in [0.1, 0.15) is 0 Å². The average Bonchev–Trinajstić information content (AvgIpc) is 2.17. The van der Waals surface area contributed by atoms with E-state index in [1.165, 1.54) is 30.4 Å². The summed E-state index contributed by atoms with van der Waals surface area (Å²) >= 11 is 0. The minimum Gasteiger partial charge on any atom is -0.192 e. The molecule has 0 fully saturated rings. The SMILES string of the molecule is CC1(C)CCCc2ccc(C#N)cc21. The van der Waals surface area contributed by atoms with Gasteiger partial charge in [0.15, 0.2) is 0 Å². The van der Waals surface area contributed by atoms with Crippen LogP contribution in [-0.2, 0) is 11.8 Å². The van der Waals surface area contributed by atoms with Crippen molar-refractivity contribution in [1.82, 2.24) is 0 Å². The minimum atomic E-state index is 0.250. The van der Waals surface area contributed by atoms with Crippen molar-refractivity contribution >= 4 is 0 Å². The fourth-order valence-electron chi connectivity index (χ4n) is 2.35. The Labute approximate surface area is 85.4 Å². The fourth-order valence-corrected chi connectivity index (χ4v) is 2.35. The molecular weight excluding hydrogens is 170 g/mol. The van der Waals surface area contributed by atoms with Crippen molar-refractivity contribution < 1.29 is 0 Å². The van der Waals surface area contributed by atoms with Crippen molar-refractivity contribution in [2.45, 2.75) is 38.5 Å². The highest BCUT2D eigenvalue weighted by molar-refractivity contribution is 5.43. The zero-order valence-electron chi connectivity index (χ0n) is 8.80. The molecule has 0 amide bonds. The summed E-state index contributed by atoms with van der Waals surface area (Å²) in [5, 5.41) is 8.86. The standard InChI is InChI=1S/C13H15N/c1-13(2)7-3-4-11-6-5-10(9-14)8-12(11)13/h5-6,8H,3-4,7H2,1-2H3. The molecule has 0 unspecified atom stereocenters. The third-order valence-corrected chi connectivity index (χ3v) is 3.22. The van der Waals surface area contributed by atoms with Crippen molar-refractivity contribution in [2.75, 3.05) is 0 Å². The molecule has 2 rings (SSSR count). The lowest BCUT2D eigenvalue weighted by molar-refractivity contribution is 0.432. The molecule has 0 N–H and O–H groups in total. The van der Waals surface area contributed by atoms with Gasteiger partial charge in [-0.15, -0.1) is 0 Å². The minimum absolute atomic E-state index is 0.250. The topological polar surface area (TPSA) is 23.8 Å². The van der Waals surface area contributed by atoms with Gasteiger partial charge in [0, 0.05) is 0 Å². The van der Waals surface area contributed by atoms with E-state index < -0.39 is 0 Å². The number of nitrogens with zero attached hydrogens (tertiary/aromatic N) is 1. The molecule has 1 nitrogen and oxygen atoms in total. The first kappa shape index (κ1) is 9.27. The Bertz CT molecular complexity index is 396. The van der Waals surface area contributed by atoms with Gasteiger partial charge in [-0.25, -0.2) is 0 Å². The van der Waals surface area contributed by atoms with Crippen LogP contribution in [0.2, 0.25) is 0 Å². The molecule has 0 saturated carbocycles. The zero-order valence-corrected chi connectivity index (χ0v) is 8.80. The molecule has 1 aliphatic carbocycles. The van der Waals surface area contributed by atoms with Crippen LogP contribution in [-0.4, -0.2) is 0 Å². The molecule has 0 bridgehead atoms. The molecule has 0 saturated heterocycles. The number of fused-ring (bicyclic) bond motifs is 1. The first-order valence-corrected chi connectivity index (χ1v) is 5.17. The Morgan fingerprint density at radius 1 is 1.36 bits per heavy atom. The molecule has 1 aromatic carbocycles. The largest absolute Gasteiger partial charge is 0.192 e. The Balaban J connectivity index is 2.56. The van der Waals surface area contributed by atoms with Gasteiger partial charge in [0.25, 0.3) is 0 Å². The van der Waals surface area contributed by atoms with Gasteiger partial charge in [-0.1, -0.05) is 19.9 Å². The normalized spacial score (nSPS) is 18.4. The third kappa shape index (κ3) is 1.42. The molecule has 72 valence electrons. The van der Waals surface area contributed by atoms with Crippen LogP contribution in [0.1, 0.15) is 43.4 Å². The number of rotatable bonds is 0. The van der Waals surface area contributed by atoms with E-state index >= 15 is 0 Å². The zero-order chi connectivity index (χ0) is 10.2. The lowest BCUT2D eigenvalue weighted by atomic mass is 9.72. The fraction of sp³-hybridized carbons (Fsp3) is 0.462. The lowest BCUT2D eigenvalue weighted by Crippen LogP contribution is -2.23. The van der Waals surface area contributed by atoms with E-state index in [0.717, 1.165) is 5.56 Å². The van der Waals surface area contributed by atoms with Crippen LogP contribution in [0.4, 0.5) is 0 Å². The van der Waals surface area contributed by atoms with Crippen molar-refractivity contribution in [3.8, 4) is 6.07 Å². The molecule has 14 heavy (non-hydrogen) atoms. The maximum Gasteiger partial charge on any atom is 0.0991 e. The number of benzene rings is 1. The Morgan fingerprint density at radius 2 is 2.14 bits per heavy atom. The van der Waals surface area contributed by atoms with Gasteiger partial charge in [-0.2, -0.15) is 5.26 Å². The Morgan fingerprint density at radius 3 is 2.86 bits per heavy atom. The molecule has 0 spiro atoms. The summed E-state index contributed by atoms with van der Waals surface area (Å²) in [5.41, 5.74) is 3.85. The Hall–Kier alpha value is -1.29. The van der Waals surface area contributed by atoms with Gasteiger partial charge in [-0.3, -0.25) is 0 Å². The van der Waals surface area contributed by atoms with Crippen LogP contribution in [0.25, 0.3) is 0 Å². The monoisotopic (exact) mass is 185 g/mol. The molecule has 0 aromatic heterocycles. The number of hydrogen-bond donors (Lipinski definition) is 0. The third-order valence-electron chi connectivity index (χ3n) is 3.22. The van der Waals surface area contributed by atoms with Crippen LogP contribution in [0, 0.1) is 11.3 Å².